The summed E-state index contributed by atoms with van der Waals surface area (Å²) in [6.45, 7) is 0.864. The van der Waals surface area contributed by atoms with Crippen LogP contribution in [-0.2, 0) is 19.4 Å². The second-order valence-electron chi connectivity index (χ2n) is 8.86. The zero-order valence-corrected chi connectivity index (χ0v) is 19.4. The fraction of sp³-hybridized carbons (Fsp3) is 0.370. The third kappa shape index (κ3) is 4.42. The molecule has 0 bridgehead atoms. The van der Waals surface area contributed by atoms with Crippen LogP contribution in [0.15, 0.2) is 48.7 Å². The number of nitrogens with zero attached hydrogens (tertiary/aromatic N) is 3. The zero-order chi connectivity index (χ0) is 23.5. The van der Waals surface area contributed by atoms with Crippen LogP contribution in [0.5, 0.6) is 11.5 Å². The average molecular weight is 460 g/mol. The molecule has 1 aliphatic heterocycles. The summed E-state index contributed by atoms with van der Waals surface area (Å²) < 4.78 is 11.6. The molecular weight excluding hydrogens is 430 g/mol. The fourth-order valence-electron chi connectivity index (χ4n) is 5.06. The fourth-order valence-corrected chi connectivity index (χ4v) is 5.06. The van der Waals surface area contributed by atoms with Crippen molar-refractivity contribution in [2.45, 2.75) is 51.2 Å². The number of benzene rings is 2. The molecule has 0 amide bonds. The Labute approximate surface area is 199 Å². The summed E-state index contributed by atoms with van der Waals surface area (Å²) in [7, 11) is 1.67. The predicted molar refractivity (Wildman–Crippen MR) is 129 cm³/mol. The minimum Gasteiger partial charge on any atom is -0.496 e. The molecule has 1 aliphatic carbocycles. The molecule has 0 spiro atoms. The van der Waals surface area contributed by atoms with Crippen molar-refractivity contribution in [3.05, 3.63) is 76.6 Å². The van der Waals surface area contributed by atoms with Crippen molar-refractivity contribution in [2.24, 2.45) is 0 Å². The molecule has 2 aromatic carbocycles. The molecule has 1 unspecified atom stereocenters. The van der Waals surface area contributed by atoms with Crippen molar-refractivity contribution < 1.29 is 19.4 Å². The number of hydrogen-bond acceptors (Lipinski definition) is 6. The first-order chi connectivity index (χ1) is 16.6. The third-order valence-corrected chi connectivity index (χ3v) is 6.79. The number of ether oxygens (including phenoxy) is 2. The molecule has 5 rings (SSSR count). The summed E-state index contributed by atoms with van der Waals surface area (Å²) in [5, 5.41) is 9.71. The number of aromatic nitrogens is 2. The van der Waals surface area contributed by atoms with E-state index in [0.29, 0.717) is 11.6 Å². The van der Waals surface area contributed by atoms with E-state index in [0.717, 1.165) is 49.3 Å². The number of rotatable bonds is 7. The van der Waals surface area contributed by atoms with Crippen molar-refractivity contribution in [2.75, 3.05) is 18.6 Å². The van der Waals surface area contributed by atoms with E-state index >= 15 is 0 Å². The van der Waals surface area contributed by atoms with Crippen LogP contribution >= 0.6 is 0 Å². The summed E-state index contributed by atoms with van der Waals surface area (Å²) in [5.41, 5.74) is 4.23. The van der Waals surface area contributed by atoms with Gasteiger partial charge in [0.1, 0.15) is 23.7 Å². The molecule has 2 heterocycles. The van der Waals surface area contributed by atoms with Gasteiger partial charge in [-0.05, 0) is 67.9 Å². The number of aryl methyl sites for hydroxylation is 2. The average Bonchev–Trinajstić information content (AvgIpc) is 3.37. The number of carboxylic acid groups (broad SMARTS) is 1. The van der Waals surface area contributed by atoms with Gasteiger partial charge >= 0.3 is 5.97 Å². The van der Waals surface area contributed by atoms with Gasteiger partial charge in [-0.25, -0.2) is 14.8 Å². The van der Waals surface area contributed by atoms with E-state index in [2.05, 4.69) is 33.1 Å². The minimum absolute atomic E-state index is 0.0646. The van der Waals surface area contributed by atoms with Crippen LogP contribution in [0.2, 0.25) is 0 Å². The lowest BCUT2D eigenvalue weighted by atomic mass is 9.92. The Balaban J connectivity index is 1.41. The van der Waals surface area contributed by atoms with E-state index in [-0.39, 0.29) is 18.2 Å². The normalized spacial score (nSPS) is 17.3. The van der Waals surface area contributed by atoms with Crippen LogP contribution in [-0.4, -0.2) is 34.7 Å². The Morgan fingerprint density at radius 2 is 1.94 bits per heavy atom. The smallest absolute Gasteiger partial charge is 0.339 e. The van der Waals surface area contributed by atoms with Gasteiger partial charge in [0.2, 0.25) is 5.95 Å². The number of fused-ring (bicyclic) bond motifs is 1. The number of hydrogen-bond donors (Lipinski definition) is 1. The van der Waals surface area contributed by atoms with Crippen LogP contribution in [0.1, 0.15) is 64.5 Å². The van der Waals surface area contributed by atoms with E-state index in [1.807, 2.05) is 24.3 Å². The van der Waals surface area contributed by atoms with E-state index in [9.17, 15) is 9.90 Å². The Morgan fingerprint density at radius 3 is 2.76 bits per heavy atom. The summed E-state index contributed by atoms with van der Waals surface area (Å²) in [6.07, 6.45) is 7.93. The highest BCUT2D eigenvalue weighted by Crippen LogP contribution is 2.38. The van der Waals surface area contributed by atoms with Gasteiger partial charge < -0.3 is 19.5 Å². The highest BCUT2D eigenvalue weighted by molar-refractivity contribution is 5.88. The summed E-state index contributed by atoms with van der Waals surface area (Å²) in [5.74, 6) is 1.03. The lowest BCUT2D eigenvalue weighted by molar-refractivity contribution is 0.0692. The zero-order valence-electron chi connectivity index (χ0n) is 19.4. The lowest BCUT2D eigenvalue weighted by Gasteiger charge is -2.26. The first kappa shape index (κ1) is 22.2. The van der Waals surface area contributed by atoms with Gasteiger partial charge in [0.25, 0.3) is 0 Å². The number of carboxylic acids is 1. The van der Waals surface area contributed by atoms with Gasteiger partial charge in [0.05, 0.1) is 18.8 Å². The maximum Gasteiger partial charge on any atom is 0.339 e. The first-order valence-corrected chi connectivity index (χ1v) is 11.9. The quantitative estimate of drug-likeness (QED) is 0.533. The predicted octanol–water partition coefficient (Wildman–Crippen LogP) is 4.98. The number of anilines is 1. The minimum atomic E-state index is -1.06. The van der Waals surface area contributed by atoms with Crippen molar-refractivity contribution in [3.8, 4) is 11.5 Å². The number of para-hydroxylation sites is 1. The Kier molecular flexibility index (Phi) is 6.34. The summed E-state index contributed by atoms with van der Waals surface area (Å²) >= 11 is 0. The van der Waals surface area contributed by atoms with Crippen LogP contribution in [0, 0.1) is 0 Å². The monoisotopic (exact) mass is 459 g/mol. The molecule has 3 aromatic rings. The molecule has 0 radical (unpaired) electrons. The summed E-state index contributed by atoms with van der Waals surface area (Å²) in [6, 6.07) is 14.2. The molecule has 2 aliphatic rings. The molecule has 1 atom stereocenters. The standard InChI is InChI=1S/C27H29N3O4/c1-33-25-11-5-4-9-21(25)24-10-6-14-30(24)27-28-16-22(26(31)32)23(29-27)17-34-20-13-12-18-7-2-3-8-19(18)15-20/h4-5,9,11-13,15-16,24H,2-3,6-8,10,14,17H2,1H3,(H,31,32). The van der Waals surface area contributed by atoms with Gasteiger partial charge in [-0.2, -0.15) is 0 Å². The topological polar surface area (TPSA) is 84.8 Å². The number of methoxy groups -OCH3 is 1. The number of carbonyl (C=O) groups is 1. The van der Waals surface area contributed by atoms with Gasteiger partial charge in [-0.3, -0.25) is 0 Å². The Hall–Kier alpha value is -3.61. The molecule has 1 N–H and O–H groups in total. The lowest BCUT2D eigenvalue weighted by Crippen LogP contribution is -2.26. The van der Waals surface area contributed by atoms with Crippen LogP contribution < -0.4 is 14.4 Å². The molecule has 1 saturated heterocycles. The molecule has 0 saturated carbocycles. The van der Waals surface area contributed by atoms with Gasteiger partial charge in [-0.1, -0.05) is 24.3 Å². The van der Waals surface area contributed by atoms with Crippen molar-refractivity contribution in [3.63, 3.8) is 0 Å². The largest absolute Gasteiger partial charge is 0.496 e. The highest BCUT2D eigenvalue weighted by Gasteiger charge is 2.31. The third-order valence-electron chi connectivity index (χ3n) is 6.79. The van der Waals surface area contributed by atoms with Crippen LogP contribution in [0.3, 0.4) is 0 Å². The maximum atomic E-state index is 11.9. The van der Waals surface area contributed by atoms with Crippen molar-refractivity contribution >= 4 is 11.9 Å². The van der Waals surface area contributed by atoms with E-state index in [1.165, 1.54) is 30.2 Å². The molecule has 34 heavy (non-hydrogen) atoms. The van der Waals surface area contributed by atoms with Gasteiger partial charge in [0, 0.05) is 18.3 Å². The van der Waals surface area contributed by atoms with Gasteiger partial charge in [0.15, 0.2) is 0 Å². The van der Waals surface area contributed by atoms with Crippen LogP contribution in [0.25, 0.3) is 0 Å². The molecule has 7 nitrogen and oxygen atoms in total. The first-order valence-electron chi connectivity index (χ1n) is 11.9. The summed E-state index contributed by atoms with van der Waals surface area (Å²) in [4.78, 5) is 23.1. The van der Waals surface area contributed by atoms with Crippen LogP contribution in [0.4, 0.5) is 5.95 Å². The second kappa shape index (κ2) is 9.71. The van der Waals surface area contributed by atoms with Crippen molar-refractivity contribution in [1.82, 2.24) is 9.97 Å². The molecule has 1 aromatic heterocycles. The molecule has 7 heteroatoms. The molecular formula is C27H29N3O4. The van der Waals surface area contributed by atoms with Crippen molar-refractivity contribution in [1.29, 1.82) is 0 Å². The van der Waals surface area contributed by atoms with Gasteiger partial charge in [-0.15, -0.1) is 0 Å². The second-order valence-corrected chi connectivity index (χ2v) is 8.86. The molecule has 176 valence electrons. The number of aromatic carboxylic acids is 1. The SMILES string of the molecule is COc1ccccc1C1CCCN1c1ncc(C(=O)O)c(COc2ccc3c(c2)CCCC3)n1. The van der Waals surface area contributed by atoms with E-state index < -0.39 is 5.97 Å². The van der Waals surface area contributed by atoms with E-state index in [4.69, 9.17) is 9.47 Å². The maximum absolute atomic E-state index is 11.9. The highest BCUT2D eigenvalue weighted by atomic mass is 16.5. The molecule has 1 fully saturated rings. The van der Waals surface area contributed by atoms with E-state index in [1.54, 1.807) is 7.11 Å². The Bertz CT molecular complexity index is 1200. The Morgan fingerprint density at radius 1 is 1.12 bits per heavy atom.